The van der Waals surface area contributed by atoms with Gasteiger partial charge in [-0.05, 0) is 49.1 Å². The van der Waals surface area contributed by atoms with Gasteiger partial charge in [0.05, 0.1) is 13.0 Å². The lowest BCUT2D eigenvalue weighted by Crippen LogP contribution is -2.29. The van der Waals surface area contributed by atoms with Crippen LogP contribution in [0.1, 0.15) is 35.6 Å². The summed E-state index contributed by atoms with van der Waals surface area (Å²) in [4.78, 5) is 12.0. The SMILES string of the molecule is CCCc1ccc(OCCNC(=O)Cc2ccc(C)cc2C)cc1. The zero-order valence-corrected chi connectivity index (χ0v) is 14.9. The molecule has 0 aliphatic heterocycles. The van der Waals surface area contributed by atoms with Crippen LogP contribution in [0.4, 0.5) is 0 Å². The number of benzene rings is 2. The summed E-state index contributed by atoms with van der Waals surface area (Å²) in [6.07, 6.45) is 2.65. The third kappa shape index (κ3) is 5.73. The predicted molar refractivity (Wildman–Crippen MR) is 98.6 cm³/mol. The minimum atomic E-state index is 0.0313. The number of rotatable bonds is 8. The topological polar surface area (TPSA) is 38.3 Å². The molecule has 2 aromatic rings. The Balaban J connectivity index is 1.70. The molecule has 128 valence electrons. The first-order chi connectivity index (χ1) is 11.6. The monoisotopic (exact) mass is 325 g/mol. The van der Waals surface area contributed by atoms with Crippen molar-refractivity contribution in [2.24, 2.45) is 0 Å². The standard InChI is InChI=1S/C21H27NO2/c1-4-5-18-7-10-20(11-8-18)24-13-12-22-21(23)15-19-9-6-16(2)14-17(19)3/h6-11,14H,4-5,12-13,15H2,1-3H3,(H,22,23). The first kappa shape index (κ1) is 18.1. The lowest BCUT2D eigenvalue weighted by Gasteiger charge is -2.10. The van der Waals surface area contributed by atoms with E-state index in [2.05, 4.69) is 37.4 Å². The number of carbonyl (C=O) groups is 1. The summed E-state index contributed by atoms with van der Waals surface area (Å²) in [5.41, 5.74) is 4.78. The van der Waals surface area contributed by atoms with Gasteiger partial charge in [-0.2, -0.15) is 0 Å². The van der Waals surface area contributed by atoms with Crippen LogP contribution in [0.5, 0.6) is 5.75 Å². The van der Waals surface area contributed by atoms with Crippen molar-refractivity contribution in [1.82, 2.24) is 5.32 Å². The molecular weight excluding hydrogens is 298 g/mol. The van der Waals surface area contributed by atoms with E-state index < -0.39 is 0 Å². The van der Waals surface area contributed by atoms with Crippen LogP contribution in [0.3, 0.4) is 0 Å². The molecule has 0 aromatic heterocycles. The van der Waals surface area contributed by atoms with E-state index in [4.69, 9.17) is 4.74 Å². The quantitative estimate of drug-likeness (QED) is 0.745. The van der Waals surface area contributed by atoms with Gasteiger partial charge in [0.15, 0.2) is 0 Å². The van der Waals surface area contributed by atoms with Crippen LogP contribution in [0, 0.1) is 13.8 Å². The summed E-state index contributed by atoms with van der Waals surface area (Å²) in [6, 6.07) is 14.3. The van der Waals surface area contributed by atoms with E-state index in [0.29, 0.717) is 19.6 Å². The van der Waals surface area contributed by atoms with Crippen LogP contribution in [0.15, 0.2) is 42.5 Å². The summed E-state index contributed by atoms with van der Waals surface area (Å²) in [6.45, 7) is 7.27. The maximum atomic E-state index is 12.0. The molecule has 3 heteroatoms. The highest BCUT2D eigenvalue weighted by molar-refractivity contribution is 5.78. The molecule has 0 unspecified atom stereocenters. The summed E-state index contributed by atoms with van der Waals surface area (Å²) in [5, 5.41) is 2.91. The Hall–Kier alpha value is -2.29. The molecule has 0 bridgehead atoms. The molecule has 0 saturated carbocycles. The molecule has 0 saturated heterocycles. The molecule has 2 aromatic carbocycles. The average molecular weight is 325 g/mol. The minimum Gasteiger partial charge on any atom is -0.492 e. The van der Waals surface area contributed by atoms with E-state index in [1.165, 1.54) is 11.1 Å². The Morgan fingerprint density at radius 2 is 1.83 bits per heavy atom. The highest BCUT2D eigenvalue weighted by atomic mass is 16.5. The van der Waals surface area contributed by atoms with Crippen molar-refractivity contribution < 1.29 is 9.53 Å². The van der Waals surface area contributed by atoms with Crippen molar-refractivity contribution in [3.8, 4) is 5.75 Å². The zero-order valence-electron chi connectivity index (χ0n) is 14.9. The van der Waals surface area contributed by atoms with Crippen molar-refractivity contribution in [2.75, 3.05) is 13.2 Å². The van der Waals surface area contributed by atoms with Gasteiger partial charge in [-0.1, -0.05) is 49.2 Å². The van der Waals surface area contributed by atoms with Crippen molar-refractivity contribution in [3.05, 3.63) is 64.7 Å². The van der Waals surface area contributed by atoms with Gasteiger partial charge in [0.25, 0.3) is 0 Å². The number of nitrogens with one attached hydrogen (secondary N) is 1. The Labute approximate surface area is 145 Å². The van der Waals surface area contributed by atoms with E-state index in [-0.39, 0.29) is 5.91 Å². The number of hydrogen-bond donors (Lipinski definition) is 1. The van der Waals surface area contributed by atoms with Crippen LogP contribution in [0.25, 0.3) is 0 Å². The molecule has 0 spiro atoms. The number of hydrogen-bond acceptors (Lipinski definition) is 2. The second-order valence-corrected chi connectivity index (χ2v) is 6.20. The van der Waals surface area contributed by atoms with E-state index >= 15 is 0 Å². The fourth-order valence-electron chi connectivity index (χ4n) is 2.68. The van der Waals surface area contributed by atoms with Crippen molar-refractivity contribution in [3.63, 3.8) is 0 Å². The van der Waals surface area contributed by atoms with E-state index in [1.54, 1.807) is 0 Å². The predicted octanol–water partition coefficient (Wildman–Crippen LogP) is 3.99. The molecule has 0 fully saturated rings. The summed E-state index contributed by atoms with van der Waals surface area (Å²) >= 11 is 0. The fraction of sp³-hybridized carbons (Fsp3) is 0.381. The normalized spacial score (nSPS) is 10.5. The Morgan fingerprint density at radius 1 is 1.08 bits per heavy atom. The smallest absolute Gasteiger partial charge is 0.224 e. The summed E-state index contributed by atoms with van der Waals surface area (Å²) in [5.74, 6) is 0.877. The first-order valence-corrected chi connectivity index (χ1v) is 8.63. The van der Waals surface area contributed by atoms with Crippen LogP contribution < -0.4 is 10.1 Å². The van der Waals surface area contributed by atoms with Crippen molar-refractivity contribution >= 4 is 5.91 Å². The molecule has 0 atom stereocenters. The number of carbonyl (C=O) groups excluding carboxylic acids is 1. The zero-order chi connectivity index (χ0) is 17.4. The van der Waals surface area contributed by atoms with Gasteiger partial charge in [-0.25, -0.2) is 0 Å². The molecule has 0 heterocycles. The second-order valence-electron chi connectivity index (χ2n) is 6.20. The summed E-state index contributed by atoms with van der Waals surface area (Å²) < 4.78 is 5.66. The second kappa shape index (κ2) is 9.11. The lowest BCUT2D eigenvalue weighted by molar-refractivity contribution is -0.120. The number of aryl methyl sites for hydroxylation is 3. The third-order valence-corrected chi connectivity index (χ3v) is 4.00. The van der Waals surface area contributed by atoms with Gasteiger partial charge in [0.2, 0.25) is 5.91 Å². The molecule has 24 heavy (non-hydrogen) atoms. The molecule has 2 rings (SSSR count). The van der Waals surface area contributed by atoms with Gasteiger partial charge < -0.3 is 10.1 Å². The Kier molecular flexibility index (Phi) is 6.86. The molecular formula is C21H27NO2. The summed E-state index contributed by atoms with van der Waals surface area (Å²) in [7, 11) is 0. The van der Waals surface area contributed by atoms with Crippen LogP contribution in [-0.2, 0) is 17.6 Å². The highest BCUT2D eigenvalue weighted by Crippen LogP contribution is 2.13. The Bertz CT molecular complexity index is 662. The first-order valence-electron chi connectivity index (χ1n) is 8.63. The van der Waals surface area contributed by atoms with Gasteiger partial charge in [-0.15, -0.1) is 0 Å². The van der Waals surface area contributed by atoms with Gasteiger partial charge in [-0.3, -0.25) is 4.79 Å². The van der Waals surface area contributed by atoms with E-state index in [0.717, 1.165) is 29.7 Å². The molecule has 3 nitrogen and oxygen atoms in total. The molecule has 0 aliphatic carbocycles. The van der Waals surface area contributed by atoms with E-state index in [9.17, 15) is 4.79 Å². The maximum absolute atomic E-state index is 12.0. The van der Waals surface area contributed by atoms with Gasteiger partial charge >= 0.3 is 0 Å². The minimum absolute atomic E-state index is 0.0313. The van der Waals surface area contributed by atoms with Crippen LogP contribution >= 0.6 is 0 Å². The average Bonchev–Trinajstić information content (AvgIpc) is 2.56. The third-order valence-electron chi connectivity index (χ3n) is 4.00. The van der Waals surface area contributed by atoms with Crippen LogP contribution in [-0.4, -0.2) is 19.1 Å². The highest BCUT2D eigenvalue weighted by Gasteiger charge is 2.05. The van der Waals surface area contributed by atoms with Crippen molar-refractivity contribution in [2.45, 2.75) is 40.0 Å². The largest absolute Gasteiger partial charge is 0.492 e. The van der Waals surface area contributed by atoms with Crippen molar-refractivity contribution in [1.29, 1.82) is 0 Å². The maximum Gasteiger partial charge on any atom is 0.224 e. The molecule has 1 amide bonds. The number of amides is 1. The number of ether oxygens (including phenoxy) is 1. The molecule has 0 aliphatic rings. The fourth-order valence-corrected chi connectivity index (χ4v) is 2.68. The molecule has 1 N–H and O–H groups in total. The van der Waals surface area contributed by atoms with Gasteiger partial charge in [0.1, 0.15) is 12.4 Å². The van der Waals surface area contributed by atoms with E-state index in [1.807, 2.05) is 31.2 Å². The molecule has 0 radical (unpaired) electrons. The lowest BCUT2D eigenvalue weighted by atomic mass is 10.0. The van der Waals surface area contributed by atoms with Gasteiger partial charge in [0, 0.05) is 0 Å². The van der Waals surface area contributed by atoms with Crippen LogP contribution in [0.2, 0.25) is 0 Å². The Morgan fingerprint density at radius 3 is 2.50 bits per heavy atom.